The van der Waals surface area contributed by atoms with Crippen molar-refractivity contribution in [2.75, 3.05) is 0 Å². The number of hydrogen-bond donors (Lipinski definition) is 4. The minimum absolute atomic E-state index is 0.0143. The topological polar surface area (TPSA) is 113 Å². The van der Waals surface area contributed by atoms with E-state index in [1.165, 1.54) is 22.7 Å². The number of aromatic nitrogens is 2. The highest BCUT2D eigenvalue weighted by molar-refractivity contribution is 7.12. The van der Waals surface area contributed by atoms with Crippen LogP contribution in [0.4, 0.5) is 0 Å². The van der Waals surface area contributed by atoms with E-state index in [2.05, 4.69) is 9.97 Å². The van der Waals surface area contributed by atoms with Gasteiger partial charge in [-0.2, -0.15) is 0 Å². The summed E-state index contributed by atoms with van der Waals surface area (Å²) in [5.41, 5.74) is 7.88. The fraction of sp³-hybridized carbons (Fsp3) is 0.0769. The lowest BCUT2D eigenvalue weighted by molar-refractivity contribution is 0.103. The Balaban J connectivity index is 0.980. The molecule has 8 rings (SSSR count). The Labute approximate surface area is 277 Å². The number of H-pyrrole nitrogens is 2. The Morgan fingerprint density at radius 2 is 0.872 bits per heavy atom. The van der Waals surface area contributed by atoms with Crippen molar-refractivity contribution in [3.63, 3.8) is 0 Å². The quantitative estimate of drug-likeness (QED) is 0.0873. The van der Waals surface area contributed by atoms with Crippen LogP contribution in [0.5, 0.6) is 0 Å². The Bertz CT molecular complexity index is 2340. The smallest absolute Gasteiger partial charge is 0.202 e. The second-order valence-electron chi connectivity index (χ2n) is 11.7. The van der Waals surface area contributed by atoms with Crippen molar-refractivity contribution in [2.24, 2.45) is 0 Å². The highest BCUT2D eigenvalue weighted by atomic mass is 32.1. The van der Waals surface area contributed by atoms with Gasteiger partial charge >= 0.3 is 0 Å². The third-order valence-electron chi connectivity index (χ3n) is 8.76. The molecule has 0 amide bonds. The van der Waals surface area contributed by atoms with E-state index in [9.17, 15) is 9.59 Å². The van der Waals surface area contributed by atoms with E-state index in [1.807, 2.05) is 108 Å². The van der Waals surface area contributed by atoms with Crippen LogP contribution in [-0.4, -0.2) is 33.0 Å². The van der Waals surface area contributed by atoms with Crippen molar-refractivity contribution in [3.05, 3.63) is 140 Å². The number of nitrogens with one attached hydrogen (secondary N) is 4. The molecule has 0 radical (unpaired) electrons. The molecule has 0 bridgehead atoms. The number of thiophene rings is 2. The van der Waals surface area contributed by atoms with Crippen LogP contribution >= 0.6 is 22.7 Å². The molecule has 0 fully saturated rings. The van der Waals surface area contributed by atoms with Gasteiger partial charge in [0.2, 0.25) is 11.6 Å². The van der Waals surface area contributed by atoms with Gasteiger partial charge in [-0.1, -0.05) is 24.3 Å². The standard InChI is InChI=1S/C39H28N4O2S2/c40-30(22-8-12-32-26(18-22)28-20-24(10-14-34(28)42-32)38(44)36-6-2-16-46-36)4-1-5-31(41)23-9-13-33-27(19-23)29-21-25(11-15-35(29)43-33)39(45)37-7-3-17-47-37/h2-3,6-21,40-43H,1,4-5H2. The predicted octanol–water partition coefficient (Wildman–Crippen LogP) is 10.1. The van der Waals surface area contributed by atoms with Crippen LogP contribution < -0.4 is 0 Å². The highest BCUT2D eigenvalue weighted by Gasteiger charge is 2.16. The van der Waals surface area contributed by atoms with Gasteiger partial charge in [-0.25, -0.2) is 0 Å². The zero-order chi connectivity index (χ0) is 32.1. The molecule has 0 spiro atoms. The number of rotatable bonds is 10. The number of carbonyl (C=O) groups is 2. The molecule has 0 saturated heterocycles. The van der Waals surface area contributed by atoms with Crippen LogP contribution in [-0.2, 0) is 0 Å². The van der Waals surface area contributed by atoms with E-state index in [0.29, 0.717) is 51.6 Å². The molecule has 4 aromatic heterocycles. The van der Waals surface area contributed by atoms with Crippen molar-refractivity contribution in [1.82, 2.24) is 9.97 Å². The van der Waals surface area contributed by atoms with Crippen molar-refractivity contribution < 1.29 is 9.59 Å². The summed E-state index contributed by atoms with van der Waals surface area (Å²) in [7, 11) is 0. The molecule has 0 unspecified atom stereocenters. The van der Waals surface area contributed by atoms with E-state index in [0.717, 1.165) is 54.7 Å². The Kier molecular flexibility index (Phi) is 7.24. The molecule has 0 aliphatic rings. The van der Waals surface area contributed by atoms with E-state index >= 15 is 0 Å². The van der Waals surface area contributed by atoms with Gasteiger partial charge in [-0.3, -0.25) is 9.59 Å². The van der Waals surface area contributed by atoms with Crippen LogP contribution in [0, 0.1) is 10.8 Å². The molecule has 8 heteroatoms. The van der Waals surface area contributed by atoms with Gasteiger partial charge in [-0.15, -0.1) is 22.7 Å². The number of fused-ring (bicyclic) bond motifs is 6. The number of ketones is 2. The summed E-state index contributed by atoms with van der Waals surface area (Å²) in [6, 6.07) is 30.9. The lowest BCUT2D eigenvalue weighted by Crippen LogP contribution is -2.03. The van der Waals surface area contributed by atoms with Crippen molar-refractivity contribution in [1.29, 1.82) is 10.8 Å². The van der Waals surface area contributed by atoms with E-state index in [4.69, 9.17) is 10.8 Å². The van der Waals surface area contributed by atoms with Gasteiger partial charge in [0, 0.05) is 66.2 Å². The summed E-state index contributed by atoms with van der Waals surface area (Å²) < 4.78 is 0. The van der Waals surface area contributed by atoms with Gasteiger partial charge in [0.15, 0.2) is 0 Å². The van der Waals surface area contributed by atoms with E-state index in [1.54, 1.807) is 0 Å². The zero-order valence-electron chi connectivity index (χ0n) is 25.1. The Morgan fingerprint density at radius 1 is 0.511 bits per heavy atom. The maximum atomic E-state index is 13.0. The average molecular weight is 649 g/mol. The first-order valence-corrected chi connectivity index (χ1v) is 17.1. The van der Waals surface area contributed by atoms with Gasteiger partial charge < -0.3 is 20.8 Å². The second kappa shape index (κ2) is 11.7. The average Bonchev–Trinajstić information content (AvgIpc) is 3.92. The Morgan fingerprint density at radius 3 is 1.23 bits per heavy atom. The lowest BCUT2D eigenvalue weighted by Gasteiger charge is -2.07. The fourth-order valence-electron chi connectivity index (χ4n) is 6.28. The van der Waals surface area contributed by atoms with E-state index < -0.39 is 0 Å². The normalized spacial score (nSPS) is 11.6. The SMILES string of the molecule is N=C(CCCC(=N)c1ccc2[nH]c3ccc(C(=O)c4cccs4)cc3c2c1)c1ccc2[nH]c3ccc(C(=O)c4cccs4)cc3c2c1. The van der Waals surface area contributed by atoms with Crippen molar-refractivity contribution >= 4 is 89.3 Å². The Hall–Kier alpha value is -5.44. The molecule has 0 aliphatic heterocycles. The fourth-order valence-corrected chi connectivity index (χ4v) is 7.65. The number of carbonyl (C=O) groups excluding carboxylic acids is 2. The van der Waals surface area contributed by atoms with Crippen LogP contribution in [0.2, 0.25) is 0 Å². The first kappa shape index (κ1) is 29.0. The molecule has 4 aromatic carbocycles. The van der Waals surface area contributed by atoms with Crippen LogP contribution in [0.15, 0.2) is 108 Å². The minimum Gasteiger partial charge on any atom is -0.355 e. The van der Waals surface area contributed by atoms with Crippen LogP contribution in [0.3, 0.4) is 0 Å². The molecular weight excluding hydrogens is 621 g/mol. The molecular formula is C39H28N4O2S2. The van der Waals surface area contributed by atoms with Crippen molar-refractivity contribution in [2.45, 2.75) is 19.3 Å². The molecule has 4 N–H and O–H groups in total. The zero-order valence-corrected chi connectivity index (χ0v) is 26.8. The van der Waals surface area contributed by atoms with Gasteiger partial charge in [0.25, 0.3) is 0 Å². The lowest BCUT2D eigenvalue weighted by atomic mass is 9.98. The minimum atomic E-state index is 0.0143. The molecule has 8 aromatic rings. The monoisotopic (exact) mass is 648 g/mol. The van der Waals surface area contributed by atoms with Crippen molar-refractivity contribution in [3.8, 4) is 0 Å². The largest absolute Gasteiger partial charge is 0.355 e. The third kappa shape index (κ3) is 5.31. The van der Waals surface area contributed by atoms with Crippen LogP contribution in [0.25, 0.3) is 43.6 Å². The maximum absolute atomic E-state index is 13.0. The summed E-state index contributed by atoms with van der Waals surface area (Å²) in [4.78, 5) is 34.3. The predicted molar refractivity (Wildman–Crippen MR) is 195 cm³/mol. The first-order valence-electron chi connectivity index (χ1n) is 15.4. The van der Waals surface area contributed by atoms with Crippen LogP contribution in [0.1, 0.15) is 60.9 Å². The summed E-state index contributed by atoms with van der Waals surface area (Å²) in [6.07, 6.45) is 1.76. The molecule has 47 heavy (non-hydrogen) atoms. The molecule has 228 valence electrons. The highest BCUT2D eigenvalue weighted by Crippen LogP contribution is 2.31. The molecule has 0 saturated carbocycles. The number of aromatic amines is 2. The van der Waals surface area contributed by atoms with Gasteiger partial charge in [0.1, 0.15) is 0 Å². The second-order valence-corrected chi connectivity index (χ2v) is 13.6. The summed E-state index contributed by atoms with van der Waals surface area (Å²) in [5, 5.41) is 25.4. The number of benzene rings is 4. The molecule has 0 atom stereocenters. The van der Waals surface area contributed by atoms with Gasteiger partial charge in [-0.05, 0) is 114 Å². The summed E-state index contributed by atoms with van der Waals surface area (Å²) in [6.45, 7) is 0. The molecule has 6 nitrogen and oxygen atoms in total. The molecule has 4 heterocycles. The molecule has 0 aliphatic carbocycles. The number of hydrogen-bond acceptors (Lipinski definition) is 6. The summed E-state index contributed by atoms with van der Waals surface area (Å²) in [5.74, 6) is 0.0286. The van der Waals surface area contributed by atoms with Gasteiger partial charge in [0.05, 0.1) is 9.75 Å². The maximum Gasteiger partial charge on any atom is 0.202 e. The third-order valence-corrected chi connectivity index (χ3v) is 10.5. The summed E-state index contributed by atoms with van der Waals surface area (Å²) >= 11 is 2.88. The van der Waals surface area contributed by atoms with E-state index in [-0.39, 0.29) is 11.6 Å². The first-order chi connectivity index (χ1) is 22.9.